The fraction of sp³-hybridized carbons (Fsp3) is 0. The molecule has 83 heavy (non-hydrogen) atoms. The van der Waals surface area contributed by atoms with E-state index in [0.29, 0.717) is 0 Å². The van der Waals surface area contributed by atoms with Gasteiger partial charge in [-0.1, -0.05) is 285 Å². The van der Waals surface area contributed by atoms with E-state index in [2.05, 4.69) is 394 Å². The summed E-state index contributed by atoms with van der Waals surface area (Å²) in [5.41, 5.74) is 5.36. The molecule has 0 atom stereocenters. The van der Waals surface area contributed by atoms with Crippen LogP contribution in [0.5, 0.6) is 0 Å². The fourth-order valence-electron chi connectivity index (χ4n) is 11.1. The standard InChI is InChI=1S/C24H20B.3C18H15P.Cu/c1-5-13-21(14-6-1)25(22-15-7-2-8-16-22,23-17-9-3-10-18-23)24-19-11-4-12-20-24;3*1-4-10-16(11-5-1)19(17-12-6-2-7-13-17)18-14-8-3-9-15-18;/h1-20H;3*1-15H;/q-1;;;;+1/p+3. The van der Waals surface area contributed by atoms with Gasteiger partial charge in [0, 0.05) is 0 Å². The summed E-state index contributed by atoms with van der Waals surface area (Å²) in [4.78, 5) is 0. The van der Waals surface area contributed by atoms with Crippen LogP contribution in [0.2, 0.25) is 0 Å². The van der Waals surface area contributed by atoms with Crippen LogP contribution in [0.3, 0.4) is 0 Å². The molecule has 13 aromatic rings. The molecule has 0 amide bonds. The van der Waals surface area contributed by atoms with Crippen LogP contribution >= 0.6 is 23.8 Å². The molecule has 0 heterocycles. The minimum atomic E-state index is -1.22. The number of benzene rings is 13. The van der Waals surface area contributed by atoms with Gasteiger partial charge in [0.25, 0.3) is 0 Å². The predicted molar refractivity (Wildman–Crippen MR) is 370 cm³/mol. The quantitative estimate of drug-likeness (QED) is 0.0797. The van der Waals surface area contributed by atoms with Crippen molar-refractivity contribution < 1.29 is 17.1 Å². The molecule has 0 aliphatic heterocycles. The van der Waals surface area contributed by atoms with Crippen molar-refractivity contribution in [3.05, 3.63) is 394 Å². The Labute approximate surface area is 507 Å². The van der Waals surface area contributed by atoms with Gasteiger partial charge in [0.1, 0.15) is 53.9 Å². The zero-order valence-electron chi connectivity index (χ0n) is 46.4. The Kier molecular flexibility index (Phi) is 22.8. The first kappa shape index (κ1) is 59.4. The van der Waals surface area contributed by atoms with E-state index in [4.69, 9.17) is 0 Å². The van der Waals surface area contributed by atoms with Crippen LogP contribution in [0.25, 0.3) is 0 Å². The van der Waals surface area contributed by atoms with Gasteiger partial charge in [-0.2, -0.15) is 21.9 Å². The monoisotopic (exact) mass is 1170 g/mol. The number of hydrogen-bond donors (Lipinski definition) is 0. The maximum Gasteiger partial charge on any atom is 1.00 e. The summed E-state index contributed by atoms with van der Waals surface area (Å²) in [6, 6.07) is 141. The molecule has 0 saturated carbocycles. The molecule has 0 aromatic heterocycles. The van der Waals surface area contributed by atoms with Crippen LogP contribution in [0.4, 0.5) is 0 Å². The summed E-state index contributed by atoms with van der Waals surface area (Å²) in [7, 11) is -2.63. The van der Waals surface area contributed by atoms with Crippen molar-refractivity contribution in [1.82, 2.24) is 0 Å². The molecule has 5 heteroatoms. The summed E-state index contributed by atoms with van der Waals surface area (Å²) in [6.45, 7) is 0. The predicted octanol–water partition coefficient (Wildman–Crippen LogP) is 12.6. The molecule has 0 spiro atoms. The minimum Gasteiger partial charge on any atom is -0.195 e. The third-order valence-electron chi connectivity index (χ3n) is 14.8. The Morgan fingerprint density at radius 3 is 0.337 bits per heavy atom. The molecule has 0 unspecified atom stereocenters. The first-order chi connectivity index (χ1) is 40.8. The molecule has 0 aliphatic carbocycles. The van der Waals surface area contributed by atoms with Crippen LogP contribution in [0.1, 0.15) is 0 Å². The van der Waals surface area contributed by atoms with Crippen molar-refractivity contribution in [2.45, 2.75) is 0 Å². The molecule has 13 aromatic carbocycles. The summed E-state index contributed by atoms with van der Waals surface area (Å²) in [5.74, 6) is 0. The summed E-state index contributed by atoms with van der Waals surface area (Å²) >= 11 is 0. The molecule has 0 nitrogen and oxygen atoms in total. The fourth-order valence-corrected chi connectivity index (χ4v) is 18.8. The molecule has 0 aliphatic rings. The maximum atomic E-state index is 2.26. The molecule has 0 radical (unpaired) electrons. The average Bonchev–Trinajstić information content (AvgIpc) is 3.73. The maximum absolute atomic E-state index is 2.26. The minimum absolute atomic E-state index is 0. The van der Waals surface area contributed by atoms with Crippen LogP contribution in [0, 0.1) is 0 Å². The van der Waals surface area contributed by atoms with Crippen molar-refractivity contribution in [2.24, 2.45) is 0 Å². The molecular weight excluding hydrogens is 1100 g/mol. The van der Waals surface area contributed by atoms with E-state index in [1.165, 1.54) is 69.6 Å². The van der Waals surface area contributed by atoms with Gasteiger partial charge in [-0.25, -0.2) is 0 Å². The second kappa shape index (κ2) is 31.8. The smallest absolute Gasteiger partial charge is 0.195 e. The Bertz CT molecular complexity index is 3080. The van der Waals surface area contributed by atoms with Crippen molar-refractivity contribution in [1.29, 1.82) is 0 Å². The number of hydrogen-bond acceptors (Lipinski definition) is 0. The van der Waals surface area contributed by atoms with Gasteiger partial charge in [0.2, 0.25) is 0 Å². The van der Waals surface area contributed by atoms with E-state index >= 15 is 0 Å². The zero-order valence-corrected chi connectivity index (χ0v) is 50.3. The molecule has 0 N–H and O–H groups in total. The van der Waals surface area contributed by atoms with Crippen LogP contribution in [-0.4, -0.2) is 6.15 Å². The molecule has 0 fully saturated rings. The molecule has 406 valence electrons. The van der Waals surface area contributed by atoms with Crippen LogP contribution in [0.15, 0.2) is 394 Å². The number of rotatable bonds is 13. The van der Waals surface area contributed by atoms with Crippen molar-refractivity contribution in [2.75, 3.05) is 0 Å². The van der Waals surface area contributed by atoms with Crippen LogP contribution in [-0.2, 0) is 17.1 Å². The topological polar surface area (TPSA) is 0 Å². The first-order valence-corrected chi connectivity index (χ1v) is 32.7. The zero-order chi connectivity index (χ0) is 55.7. The summed E-state index contributed by atoms with van der Waals surface area (Å²) in [5, 5.41) is 12.9. The first-order valence-electron chi connectivity index (χ1n) is 28.2. The summed E-state index contributed by atoms with van der Waals surface area (Å²) in [6.07, 6.45) is -1.22. The van der Waals surface area contributed by atoms with Crippen molar-refractivity contribution in [3.63, 3.8) is 0 Å². The van der Waals surface area contributed by atoms with Gasteiger partial charge in [0.05, 0.1) is 23.8 Å². The third-order valence-corrected chi connectivity index (χ3v) is 23.0. The second-order valence-electron chi connectivity index (χ2n) is 19.9. The van der Waals surface area contributed by atoms with E-state index in [-0.39, 0.29) is 17.1 Å². The Morgan fingerprint density at radius 2 is 0.229 bits per heavy atom. The molecule has 0 saturated heterocycles. The normalized spacial score (nSPS) is 10.6. The van der Waals surface area contributed by atoms with E-state index < -0.39 is 29.9 Å². The van der Waals surface area contributed by atoms with E-state index in [0.717, 1.165) is 0 Å². The van der Waals surface area contributed by atoms with Crippen LogP contribution < -0.4 is 69.6 Å². The third kappa shape index (κ3) is 15.6. The van der Waals surface area contributed by atoms with E-state index in [9.17, 15) is 0 Å². The van der Waals surface area contributed by atoms with Gasteiger partial charge >= 0.3 is 17.1 Å². The Hall–Kier alpha value is -8.27. The van der Waals surface area contributed by atoms with E-state index in [1.54, 1.807) is 0 Å². The van der Waals surface area contributed by atoms with Gasteiger partial charge in [-0.05, 0) is 109 Å². The molecular formula is C78H68BCuP3+3. The Balaban J connectivity index is 0.000000134. The van der Waals surface area contributed by atoms with Gasteiger partial charge in [0.15, 0.2) is 0 Å². The average molecular weight is 1170 g/mol. The van der Waals surface area contributed by atoms with Gasteiger partial charge in [-0.3, -0.25) is 0 Å². The van der Waals surface area contributed by atoms with Crippen molar-refractivity contribution >= 4 is 99.5 Å². The second-order valence-corrected chi connectivity index (χ2v) is 27.4. The summed E-state index contributed by atoms with van der Waals surface area (Å²) < 4.78 is 0. The molecule has 0 bridgehead atoms. The molecule has 13 rings (SSSR count). The largest absolute Gasteiger partial charge is 1.00 e. The van der Waals surface area contributed by atoms with Crippen molar-refractivity contribution in [3.8, 4) is 0 Å². The van der Waals surface area contributed by atoms with E-state index in [1.807, 2.05) is 0 Å². The van der Waals surface area contributed by atoms with Gasteiger partial charge < -0.3 is 0 Å². The van der Waals surface area contributed by atoms with Gasteiger partial charge in [-0.15, -0.1) is 0 Å². The SMILES string of the molecule is [Cu+].c1ccc([B-](c2ccccc2)(c2ccccc2)c2ccccc2)cc1.c1ccc([PH+](c2ccccc2)c2ccccc2)cc1.c1ccc([PH+](c2ccccc2)c2ccccc2)cc1.c1ccc([PH+](c2ccccc2)c2ccccc2)cc1. The Morgan fingerprint density at radius 1 is 0.133 bits per heavy atom.